The van der Waals surface area contributed by atoms with E-state index in [-0.39, 0.29) is 16.9 Å². The van der Waals surface area contributed by atoms with Gasteiger partial charge in [0.05, 0.1) is 5.52 Å². The van der Waals surface area contributed by atoms with Crippen molar-refractivity contribution in [1.29, 1.82) is 0 Å². The van der Waals surface area contributed by atoms with Gasteiger partial charge in [-0.3, -0.25) is 14.3 Å². The Morgan fingerprint density at radius 1 is 1.20 bits per heavy atom. The molecule has 0 atom stereocenters. The maximum absolute atomic E-state index is 13.4. The number of aromatic nitrogens is 3. The first-order chi connectivity index (χ1) is 14.4. The van der Waals surface area contributed by atoms with E-state index in [1.807, 2.05) is 0 Å². The van der Waals surface area contributed by atoms with Crippen molar-refractivity contribution in [2.75, 3.05) is 0 Å². The first-order valence-corrected chi connectivity index (χ1v) is 11.5. The van der Waals surface area contributed by atoms with Crippen molar-refractivity contribution in [2.45, 2.75) is 76.8 Å². The number of carbonyl (C=O) groups is 1. The predicted molar refractivity (Wildman–Crippen MR) is 115 cm³/mol. The number of hydrogen-bond acceptors (Lipinski definition) is 4. The number of pyridine rings is 1. The number of nitrogens with zero attached hydrogens (tertiary/aromatic N) is 3. The maximum atomic E-state index is 13.4. The van der Waals surface area contributed by atoms with E-state index in [0.29, 0.717) is 35.3 Å². The van der Waals surface area contributed by atoms with Crippen molar-refractivity contribution in [2.24, 2.45) is 24.8 Å². The zero-order valence-electron chi connectivity index (χ0n) is 18.0. The van der Waals surface area contributed by atoms with E-state index in [4.69, 9.17) is 0 Å². The molecule has 2 N–H and O–H groups in total. The van der Waals surface area contributed by atoms with Gasteiger partial charge in [0.15, 0.2) is 11.3 Å². The molecule has 0 radical (unpaired) electrons. The fourth-order valence-corrected chi connectivity index (χ4v) is 6.82. The van der Waals surface area contributed by atoms with Crippen molar-refractivity contribution in [3.05, 3.63) is 22.1 Å². The van der Waals surface area contributed by atoms with Gasteiger partial charge in [-0.25, -0.2) is 0 Å². The number of nitrogens with one attached hydrogen (secondary N) is 1. The van der Waals surface area contributed by atoms with Crippen LogP contribution in [0.4, 0.5) is 0 Å². The lowest BCUT2D eigenvalue weighted by Crippen LogP contribution is -2.60. The van der Waals surface area contributed by atoms with E-state index in [9.17, 15) is 14.7 Å². The van der Waals surface area contributed by atoms with Crippen LogP contribution in [0.5, 0.6) is 5.75 Å². The molecule has 4 fully saturated rings. The van der Waals surface area contributed by atoms with Crippen molar-refractivity contribution in [1.82, 2.24) is 19.7 Å². The molecule has 0 saturated heterocycles. The lowest BCUT2D eigenvalue weighted by atomic mass is 9.53. The molecule has 0 aromatic carbocycles. The topological polar surface area (TPSA) is 89.2 Å². The van der Waals surface area contributed by atoms with Gasteiger partial charge in [0.1, 0.15) is 5.56 Å². The molecule has 7 nitrogen and oxygen atoms in total. The molecular formula is C23H32N4O3. The molecule has 2 heterocycles. The largest absolute Gasteiger partial charge is 0.505 e. The van der Waals surface area contributed by atoms with Crippen LogP contribution < -0.4 is 10.9 Å². The normalized spacial score (nSPS) is 29.6. The van der Waals surface area contributed by atoms with Gasteiger partial charge < -0.3 is 15.0 Å². The van der Waals surface area contributed by atoms with Crippen LogP contribution in [0.25, 0.3) is 11.0 Å². The Labute approximate surface area is 176 Å². The van der Waals surface area contributed by atoms with Crippen molar-refractivity contribution in [3.63, 3.8) is 0 Å². The quantitative estimate of drug-likeness (QED) is 0.712. The van der Waals surface area contributed by atoms with Crippen LogP contribution in [0.2, 0.25) is 0 Å². The van der Waals surface area contributed by atoms with Crippen molar-refractivity contribution in [3.8, 4) is 5.75 Å². The van der Waals surface area contributed by atoms with Gasteiger partial charge in [0.2, 0.25) is 0 Å². The summed E-state index contributed by atoms with van der Waals surface area (Å²) < 4.78 is 3.20. The molecule has 1 amide bonds. The fourth-order valence-electron chi connectivity index (χ4n) is 6.82. The number of amides is 1. The predicted octanol–water partition coefficient (Wildman–Crippen LogP) is 3.33. The molecule has 4 bridgehead atoms. The van der Waals surface area contributed by atoms with Gasteiger partial charge in [-0.15, -0.1) is 0 Å². The van der Waals surface area contributed by atoms with E-state index < -0.39 is 11.5 Å². The van der Waals surface area contributed by atoms with Crippen LogP contribution in [-0.4, -0.2) is 30.9 Å². The lowest BCUT2D eigenvalue weighted by molar-refractivity contribution is -0.0167. The van der Waals surface area contributed by atoms with E-state index in [0.717, 1.165) is 38.5 Å². The minimum atomic E-state index is -0.434. The Kier molecular flexibility index (Phi) is 4.67. The highest BCUT2D eigenvalue weighted by molar-refractivity contribution is 6.01. The van der Waals surface area contributed by atoms with E-state index >= 15 is 0 Å². The molecule has 7 heteroatoms. The highest BCUT2D eigenvalue weighted by Crippen LogP contribution is 2.55. The number of fused-ring (bicyclic) bond motifs is 1. The highest BCUT2D eigenvalue weighted by Gasteiger charge is 2.51. The molecule has 4 aliphatic rings. The Morgan fingerprint density at radius 3 is 2.43 bits per heavy atom. The third-order valence-electron chi connectivity index (χ3n) is 7.65. The Balaban J connectivity index is 1.52. The van der Waals surface area contributed by atoms with Gasteiger partial charge in [-0.1, -0.05) is 19.8 Å². The number of aryl methyl sites for hydroxylation is 2. The fraction of sp³-hybridized carbons (Fsp3) is 0.696. The standard InChI is InChI=1S/C23H32N4O3/c1-3-4-5-6-27-17-13-26(2)25-19(17)20(28)18(22(27)30)21(29)24-23-10-14-7-15(11-23)9-16(8-14)12-23/h13-16,28H,3-12H2,1-2H3,(H,24,29). The zero-order valence-corrected chi connectivity index (χ0v) is 18.0. The van der Waals surface area contributed by atoms with Crippen LogP contribution >= 0.6 is 0 Å². The molecule has 0 aliphatic heterocycles. The summed E-state index contributed by atoms with van der Waals surface area (Å²) in [4.78, 5) is 26.7. The van der Waals surface area contributed by atoms with Crippen LogP contribution in [0.1, 0.15) is 75.1 Å². The number of carbonyl (C=O) groups excluding carboxylic acids is 1. The average Bonchev–Trinajstić information content (AvgIpc) is 3.05. The molecule has 162 valence electrons. The molecular weight excluding hydrogens is 380 g/mol. The van der Waals surface area contributed by atoms with Gasteiger partial charge in [-0.05, 0) is 62.7 Å². The van der Waals surface area contributed by atoms with Gasteiger partial charge in [0, 0.05) is 25.3 Å². The van der Waals surface area contributed by atoms with Gasteiger partial charge >= 0.3 is 0 Å². The summed E-state index contributed by atoms with van der Waals surface area (Å²) in [5.41, 5.74) is 0.142. The molecule has 2 aromatic heterocycles. The minimum absolute atomic E-state index is 0.145. The van der Waals surface area contributed by atoms with Crippen LogP contribution in [0.3, 0.4) is 0 Å². The molecule has 4 saturated carbocycles. The Hall–Kier alpha value is -2.31. The molecule has 2 aromatic rings. The van der Waals surface area contributed by atoms with Gasteiger partial charge in [0.25, 0.3) is 11.5 Å². The molecule has 0 spiro atoms. The first kappa shape index (κ1) is 19.6. The van der Waals surface area contributed by atoms with Crippen LogP contribution in [0, 0.1) is 17.8 Å². The van der Waals surface area contributed by atoms with E-state index in [2.05, 4.69) is 17.3 Å². The van der Waals surface area contributed by atoms with Gasteiger partial charge in [-0.2, -0.15) is 5.10 Å². The summed E-state index contributed by atoms with van der Waals surface area (Å²) in [6.45, 7) is 2.64. The molecule has 0 unspecified atom stereocenters. The Bertz CT molecular complexity index is 1020. The van der Waals surface area contributed by atoms with Crippen molar-refractivity contribution >= 4 is 16.9 Å². The summed E-state index contributed by atoms with van der Waals surface area (Å²) in [5, 5.41) is 18.5. The highest BCUT2D eigenvalue weighted by atomic mass is 16.3. The molecule has 4 aliphatic carbocycles. The number of hydrogen-bond donors (Lipinski definition) is 2. The third kappa shape index (κ3) is 3.13. The monoisotopic (exact) mass is 412 g/mol. The summed E-state index contributed by atoms with van der Waals surface area (Å²) in [6, 6.07) is 0. The Morgan fingerprint density at radius 2 is 1.83 bits per heavy atom. The zero-order chi connectivity index (χ0) is 21.0. The van der Waals surface area contributed by atoms with Crippen molar-refractivity contribution < 1.29 is 9.90 Å². The number of rotatable bonds is 6. The second kappa shape index (κ2) is 7.13. The summed E-state index contributed by atoms with van der Waals surface area (Å²) in [5.74, 6) is 1.35. The first-order valence-electron chi connectivity index (χ1n) is 11.5. The van der Waals surface area contributed by atoms with Crippen LogP contribution in [-0.2, 0) is 13.6 Å². The van der Waals surface area contributed by atoms with Crippen LogP contribution in [0.15, 0.2) is 11.0 Å². The summed E-state index contributed by atoms with van der Waals surface area (Å²) in [7, 11) is 1.76. The second-order valence-corrected chi connectivity index (χ2v) is 10.1. The third-order valence-corrected chi connectivity index (χ3v) is 7.65. The van der Waals surface area contributed by atoms with E-state index in [1.165, 1.54) is 19.3 Å². The maximum Gasteiger partial charge on any atom is 0.267 e. The average molecular weight is 413 g/mol. The second-order valence-electron chi connectivity index (χ2n) is 10.1. The molecule has 6 rings (SSSR count). The summed E-state index contributed by atoms with van der Waals surface area (Å²) >= 11 is 0. The number of unbranched alkanes of at least 4 members (excludes halogenated alkanes) is 2. The SMILES string of the molecule is CCCCCn1c(=O)c(C(=O)NC23CC4CC(CC(C4)C2)C3)c(O)c2nn(C)cc21. The lowest BCUT2D eigenvalue weighted by Gasteiger charge is -2.56. The summed E-state index contributed by atoms with van der Waals surface area (Å²) in [6.07, 6.45) is 11.5. The number of aromatic hydroxyl groups is 1. The van der Waals surface area contributed by atoms with E-state index in [1.54, 1.807) is 22.5 Å². The minimum Gasteiger partial charge on any atom is -0.505 e. The smallest absolute Gasteiger partial charge is 0.267 e. The molecule has 30 heavy (non-hydrogen) atoms.